The second-order valence-electron chi connectivity index (χ2n) is 7.92. The first kappa shape index (κ1) is 25.1. The molecule has 0 bridgehead atoms. The smallest absolute Gasteiger partial charge is 0.257 e. The second-order valence-corrected chi connectivity index (χ2v) is 9.14. The first-order valence-corrected chi connectivity index (χ1v) is 10.9. The van der Waals surface area contributed by atoms with E-state index in [2.05, 4.69) is 10.3 Å². The maximum absolute atomic E-state index is 12.9. The average Bonchev–Trinajstić information content (AvgIpc) is 2.72. The zero-order valence-corrected chi connectivity index (χ0v) is 20.6. The van der Waals surface area contributed by atoms with Crippen LogP contribution in [0.3, 0.4) is 0 Å². The molecule has 0 saturated heterocycles. The Balaban J connectivity index is 2.21. The van der Waals surface area contributed by atoms with Crippen molar-refractivity contribution in [2.45, 2.75) is 26.4 Å². The number of carbonyl (C=O) groups excluding carboxylic acids is 1. The van der Waals surface area contributed by atoms with Gasteiger partial charge in [-0.25, -0.2) is 4.98 Å². The molecule has 1 aromatic carbocycles. The van der Waals surface area contributed by atoms with Crippen molar-refractivity contribution in [1.29, 1.82) is 0 Å². The van der Waals surface area contributed by atoms with Crippen LogP contribution in [0.15, 0.2) is 29.2 Å². The molecule has 2 aromatic heterocycles. The maximum Gasteiger partial charge on any atom is 0.257 e. The average molecular weight is 515 g/mol. The van der Waals surface area contributed by atoms with Crippen LogP contribution in [-0.4, -0.2) is 46.4 Å². The molecule has 33 heavy (non-hydrogen) atoms. The Bertz CT molecular complexity index is 1260. The summed E-state index contributed by atoms with van der Waals surface area (Å²) in [6.07, 6.45) is 1.32. The SMILES string of the molecule is CNC(=O)COc1ncc(Cl)c2c1c(=O)cc(C)n2-c1c(Cl)cc(OCC(C)(C)O)cc1Cl. The van der Waals surface area contributed by atoms with Crippen molar-refractivity contribution in [3.05, 3.63) is 55.4 Å². The van der Waals surface area contributed by atoms with Crippen LogP contribution in [0.1, 0.15) is 19.5 Å². The van der Waals surface area contributed by atoms with Crippen molar-refractivity contribution in [2.24, 2.45) is 0 Å². The first-order valence-electron chi connectivity index (χ1n) is 9.81. The van der Waals surface area contributed by atoms with Crippen LogP contribution in [-0.2, 0) is 4.79 Å². The van der Waals surface area contributed by atoms with Crippen LogP contribution in [0, 0.1) is 6.92 Å². The lowest BCUT2D eigenvalue weighted by atomic mass is 10.1. The zero-order chi connectivity index (χ0) is 24.5. The van der Waals surface area contributed by atoms with E-state index in [1.165, 1.54) is 19.3 Å². The van der Waals surface area contributed by atoms with Gasteiger partial charge in [-0.1, -0.05) is 34.8 Å². The number of pyridine rings is 2. The number of benzene rings is 1. The van der Waals surface area contributed by atoms with E-state index in [-0.39, 0.29) is 51.0 Å². The molecule has 0 unspecified atom stereocenters. The molecule has 8 nitrogen and oxygen atoms in total. The second kappa shape index (κ2) is 9.77. The number of aliphatic hydroxyl groups is 1. The summed E-state index contributed by atoms with van der Waals surface area (Å²) in [5.41, 5.74) is -0.293. The summed E-state index contributed by atoms with van der Waals surface area (Å²) in [5.74, 6) is -0.0737. The molecular weight excluding hydrogens is 493 g/mol. The van der Waals surface area contributed by atoms with Crippen molar-refractivity contribution in [3.8, 4) is 17.3 Å². The lowest BCUT2D eigenvalue weighted by Gasteiger charge is -2.21. The van der Waals surface area contributed by atoms with Crippen LogP contribution in [0.5, 0.6) is 11.6 Å². The number of halogens is 3. The molecule has 0 spiro atoms. The molecule has 3 rings (SSSR count). The van der Waals surface area contributed by atoms with Gasteiger partial charge in [0.2, 0.25) is 5.88 Å². The van der Waals surface area contributed by atoms with Gasteiger partial charge in [0.05, 0.1) is 38.1 Å². The lowest BCUT2D eigenvalue weighted by Crippen LogP contribution is -2.27. The van der Waals surface area contributed by atoms with Gasteiger partial charge in [-0.2, -0.15) is 0 Å². The lowest BCUT2D eigenvalue weighted by molar-refractivity contribution is -0.122. The largest absolute Gasteiger partial charge is 0.491 e. The minimum atomic E-state index is -1.05. The van der Waals surface area contributed by atoms with Gasteiger partial charge in [-0.3, -0.25) is 9.59 Å². The molecule has 11 heteroatoms. The fraction of sp³-hybridized carbons (Fsp3) is 0.318. The Kier molecular flexibility index (Phi) is 7.43. The number of amides is 1. The van der Waals surface area contributed by atoms with Gasteiger partial charge < -0.3 is 24.5 Å². The molecule has 2 N–H and O–H groups in total. The molecular formula is C22H22Cl3N3O5. The highest BCUT2D eigenvalue weighted by atomic mass is 35.5. The minimum absolute atomic E-state index is 0.0303. The van der Waals surface area contributed by atoms with E-state index in [0.29, 0.717) is 17.1 Å². The summed E-state index contributed by atoms with van der Waals surface area (Å²) in [7, 11) is 1.47. The summed E-state index contributed by atoms with van der Waals surface area (Å²) in [4.78, 5) is 28.6. The number of hydrogen-bond donors (Lipinski definition) is 2. The van der Waals surface area contributed by atoms with E-state index < -0.39 is 11.0 Å². The summed E-state index contributed by atoms with van der Waals surface area (Å²) >= 11 is 19.6. The number of aryl methyl sites for hydroxylation is 1. The summed E-state index contributed by atoms with van der Waals surface area (Å²) in [6, 6.07) is 4.48. The number of nitrogens with one attached hydrogen (secondary N) is 1. The van der Waals surface area contributed by atoms with Gasteiger partial charge in [0.1, 0.15) is 17.7 Å². The molecule has 0 radical (unpaired) electrons. The Morgan fingerprint density at radius 2 is 1.79 bits per heavy atom. The number of carbonyl (C=O) groups is 1. The quantitative estimate of drug-likeness (QED) is 0.495. The zero-order valence-electron chi connectivity index (χ0n) is 18.3. The predicted molar refractivity (Wildman–Crippen MR) is 128 cm³/mol. The maximum atomic E-state index is 12.9. The van der Waals surface area contributed by atoms with Crippen LogP contribution < -0.4 is 20.2 Å². The molecule has 176 valence electrons. The van der Waals surface area contributed by atoms with Crippen molar-refractivity contribution in [1.82, 2.24) is 14.9 Å². The molecule has 0 fully saturated rings. The van der Waals surface area contributed by atoms with E-state index in [9.17, 15) is 14.7 Å². The van der Waals surface area contributed by atoms with Crippen molar-refractivity contribution >= 4 is 51.6 Å². The Morgan fingerprint density at radius 1 is 1.15 bits per heavy atom. The van der Waals surface area contributed by atoms with Crippen molar-refractivity contribution in [3.63, 3.8) is 0 Å². The van der Waals surface area contributed by atoms with Gasteiger partial charge in [0.15, 0.2) is 12.0 Å². The fourth-order valence-electron chi connectivity index (χ4n) is 3.11. The number of fused-ring (bicyclic) bond motifs is 1. The van der Waals surface area contributed by atoms with Gasteiger partial charge in [0, 0.05) is 30.9 Å². The summed E-state index contributed by atoms with van der Waals surface area (Å²) < 4.78 is 12.7. The van der Waals surface area contributed by atoms with E-state index in [1.807, 2.05) is 0 Å². The van der Waals surface area contributed by atoms with Gasteiger partial charge in [0.25, 0.3) is 5.91 Å². The van der Waals surface area contributed by atoms with Crippen LogP contribution in [0.4, 0.5) is 0 Å². The van der Waals surface area contributed by atoms with Gasteiger partial charge >= 0.3 is 0 Å². The van der Waals surface area contributed by atoms with Gasteiger partial charge in [-0.15, -0.1) is 0 Å². The van der Waals surface area contributed by atoms with E-state index in [4.69, 9.17) is 44.3 Å². The normalized spacial score (nSPS) is 11.5. The molecule has 0 aliphatic carbocycles. The molecule has 0 aliphatic rings. The van der Waals surface area contributed by atoms with E-state index in [0.717, 1.165) is 0 Å². The van der Waals surface area contributed by atoms with Crippen molar-refractivity contribution in [2.75, 3.05) is 20.3 Å². The third kappa shape index (κ3) is 5.52. The predicted octanol–water partition coefficient (Wildman–Crippen LogP) is 3.93. The Labute approximate surface area is 205 Å². The number of rotatable bonds is 7. The van der Waals surface area contributed by atoms with Gasteiger partial charge in [-0.05, 0) is 20.8 Å². The Hall–Kier alpha value is -2.52. The van der Waals surface area contributed by atoms with E-state index in [1.54, 1.807) is 37.5 Å². The van der Waals surface area contributed by atoms with Crippen LogP contribution >= 0.6 is 34.8 Å². The highest BCUT2D eigenvalue weighted by molar-refractivity contribution is 6.39. The molecule has 3 aromatic rings. The first-order chi connectivity index (χ1) is 15.4. The number of likely N-dealkylation sites (N-methyl/N-ethyl adjacent to an activating group) is 1. The highest BCUT2D eigenvalue weighted by Gasteiger charge is 2.22. The minimum Gasteiger partial charge on any atom is -0.491 e. The topological polar surface area (TPSA) is 103 Å². The monoisotopic (exact) mass is 513 g/mol. The van der Waals surface area contributed by atoms with Crippen molar-refractivity contribution < 1.29 is 19.4 Å². The Morgan fingerprint density at radius 3 is 2.36 bits per heavy atom. The number of hydrogen-bond acceptors (Lipinski definition) is 6. The molecule has 0 atom stereocenters. The molecule has 0 saturated carbocycles. The molecule has 1 amide bonds. The molecule has 0 aliphatic heterocycles. The number of aromatic nitrogens is 2. The standard InChI is InChI=1S/C22H22Cl3N3O5/c1-11-5-16(29)18-20(15(25)8-27-21(18)32-9-17(30)26-4)28(11)19-13(23)6-12(7-14(19)24)33-10-22(2,3)31/h5-8,31H,9-10H2,1-4H3,(H,26,30). The highest BCUT2D eigenvalue weighted by Crippen LogP contribution is 2.38. The number of ether oxygens (including phenoxy) is 2. The fourth-order valence-corrected chi connectivity index (χ4v) is 3.97. The molecule has 2 heterocycles. The summed E-state index contributed by atoms with van der Waals surface area (Å²) in [5, 5.41) is 13.0. The van der Waals surface area contributed by atoms with Crippen LogP contribution in [0.25, 0.3) is 16.6 Å². The third-order valence-corrected chi connectivity index (χ3v) is 5.41. The summed E-state index contributed by atoms with van der Waals surface area (Å²) in [6.45, 7) is 4.62. The van der Waals surface area contributed by atoms with E-state index >= 15 is 0 Å². The van der Waals surface area contributed by atoms with Crippen LogP contribution in [0.2, 0.25) is 15.1 Å². The number of nitrogens with zero attached hydrogens (tertiary/aromatic N) is 2. The third-order valence-electron chi connectivity index (χ3n) is 4.56.